The van der Waals surface area contributed by atoms with Gasteiger partial charge in [0.05, 0.1) is 20.0 Å². The largest absolute Gasteiger partial charge is 0.324 e. The lowest BCUT2D eigenvalue weighted by atomic mass is 10.3. The molecule has 0 spiro atoms. The fourth-order valence-electron chi connectivity index (χ4n) is 2.49. The summed E-state index contributed by atoms with van der Waals surface area (Å²) in [4.78, 5) is 27.6. The molecule has 3 aromatic rings. The molecule has 2 heterocycles. The minimum atomic E-state index is -3.34. The number of fused-ring (bicyclic) bond motifs is 1. The Bertz CT molecular complexity index is 1220. The van der Waals surface area contributed by atoms with Crippen LogP contribution in [0.1, 0.15) is 23.0 Å². The SMILES string of the molecule is CCCn1c(=NC(=O)c2ccc([N+](=O)[O-])s2)sc2cc(S(C)(=O)=O)ccc21. The fourth-order valence-corrected chi connectivity index (χ4v) is 5.01. The van der Waals surface area contributed by atoms with Gasteiger partial charge in [-0.1, -0.05) is 29.6 Å². The first-order valence-corrected chi connectivity index (χ1v) is 11.4. The topological polar surface area (TPSA) is 112 Å². The van der Waals surface area contributed by atoms with Crippen molar-refractivity contribution in [1.29, 1.82) is 0 Å². The lowest BCUT2D eigenvalue weighted by Crippen LogP contribution is -2.16. The maximum absolute atomic E-state index is 12.4. The van der Waals surface area contributed by atoms with E-state index in [1.54, 1.807) is 12.1 Å². The Morgan fingerprint density at radius 1 is 1.26 bits per heavy atom. The van der Waals surface area contributed by atoms with E-state index in [-0.39, 0.29) is 14.8 Å². The number of aromatic nitrogens is 1. The van der Waals surface area contributed by atoms with Gasteiger partial charge >= 0.3 is 5.00 Å². The van der Waals surface area contributed by atoms with Gasteiger partial charge in [-0.15, -0.1) is 0 Å². The first-order valence-electron chi connectivity index (χ1n) is 7.87. The molecule has 8 nitrogen and oxygen atoms in total. The monoisotopic (exact) mass is 425 g/mol. The van der Waals surface area contributed by atoms with Crippen LogP contribution < -0.4 is 4.80 Å². The lowest BCUT2D eigenvalue weighted by molar-refractivity contribution is -0.380. The number of hydrogen-bond donors (Lipinski definition) is 0. The highest BCUT2D eigenvalue weighted by atomic mass is 32.2. The van der Waals surface area contributed by atoms with Crippen LogP contribution in [0.3, 0.4) is 0 Å². The molecule has 0 radical (unpaired) electrons. The molecule has 1 amide bonds. The van der Waals surface area contributed by atoms with Crippen molar-refractivity contribution in [2.45, 2.75) is 24.8 Å². The van der Waals surface area contributed by atoms with E-state index < -0.39 is 20.7 Å². The van der Waals surface area contributed by atoms with E-state index in [9.17, 15) is 23.3 Å². The van der Waals surface area contributed by atoms with Gasteiger partial charge in [0.25, 0.3) is 5.91 Å². The Kier molecular flexibility index (Phi) is 5.27. The zero-order valence-corrected chi connectivity index (χ0v) is 16.9. The molecule has 0 aliphatic rings. The molecule has 0 saturated heterocycles. The molecule has 0 unspecified atom stereocenters. The van der Waals surface area contributed by atoms with Crippen LogP contribution in [0.4, 0.5) is 5.00 Å². The third-order valence-corrected chi connectivity index (χ3v) is 6.89. The van der Waals surface area contributed by atoms with Crippen molar-refractivity contribution in [2.24, 2.45) is 4.99 Å². The second-order valence-electron chi connectivity index (χ2n) is 5.75. The van der Waals surface area contributed by atoms with Crippen LogP contribution in [0.2, 0.25) is 0 Å². The molecular weight excluding hydrogens is 410 g/mol. The molecule has 142 valence electrons. The molecule has 0 fully saturated rings. The average Bonchev–Trinajstić information content (AvgIpc) is 3.20. The highest BCUT2D eigenvalue weighted by molar-refractivity contribution is 7.90. The molecule has 0 saturated carbocycles. The van der Waals surface area contributed by atoms with E-state index in [0.717, 1.165) is 29.5 Å². The minimum Gasteiger partial charge on any atom is -0.316 e. The quantitative estimate of drug-likeness (QED) is 0.460. The van der Waals surface area contributed by atoms with E-state index in [1.807, 2.05) is 11.5 Å². The normalized spacial score (nSPS) is 12.6. The number of aryl methyl sites for hydroxylation is 1. The fraction of sp³-hybridized carbons (Fsp3) is 0.250. The standard InChI is InChI=1S/C16H15N3O5S3/c1-3-8-18-11-5-4-10(27(2,23)24)9-13(11)26-16(18)17-15(20)12-6-7-14(25-12)19(21)22/h4-7,9H,3,8H2,1-2H3. The zero-order valence-electron chi connectivity index (χ0n) is 14.4. The van der Waals surface area contributed by atoms with Gasteiger partial charge in [0, 0.05) is 18.9 Å². The van der Waals surface area contributed by atoms with Crippen LogP contribution in [-0.4, -0.2) is 30.1 Å². The van der Waals surface area contributed by atoms with Crippen molar-refractivity contribution in [3.05, 3.63) is 50.1 Å². The highest BCUT2D eigenvalue weighted by Gasteiger charge is 2.16. The summed E-state index contributed by atoms with van der Waals surface area (Å²) in [5.41, 5.74) is 0.790. The zero-order chi connectivity index (χ0) is 19.8. The Morgan fingerprint density at radius 3 is 2.59 bits per heavy atom. The number of hydrogen-bond acceptors (Lipinski definition) is 7. The van der Waals surface area contributed by atoms with E-state index >= 15 is 0 Å². The number of carbonyl (C=O) groups is 1. The molecule has 0 atom stereocenters. The second kappa shape index (κ2) is 7.33. The summed E-state index contributed by atoms with van der Waals surface area (Å²) in [7, 11) is -3.34. The summed E-state index contributed by atoms with van der Waals surface area (Å²) in [6, 6.07) is 7.47. The van der Waals surface area contributed by atoms with Gasteiger partial charge < -0.3 is 4.57 Å². The average molecular weight is 426 g/mol. The van der Waals surface area contributed by atoms with Gasteiger partial charge in [-0.05, 0) is 30.7 Å². The van der Waals surface area contributed by atoms with Crippen LogP contribution >= 0.6 is 22.7 Å². The molecule has 0 aliphatic carbocycles. The molecule has 0 aliphatic heterocycles. The van der Waals surface area contributed by atoms with Gasteiger partial charge in [0.1, 0.15) is 4.88 Å². The predicted molar refractivity (Wildman–Crippen MR) is 104 cm³/mol. The van der Waals surface area contributed by atoms with Crippen molar-refractivity contribution in [2.75, 3.05) is 6.26 Å². The van der Waals surface area contributed by atoms with Crippen molar-refractivity contribution < 1.29 is 18.1 Å². The Labute approximate surface area is 162 Å². The molecule has 2 aromatic heterocycles. The van der Waals surface area contributed by atoms with Gasteiger partial charge in [-0.25, -0.2) is 8.42 Å². The number of rotatable bonds is 5. The van der Waals surface area contributed by atoms with Crippen molar-refractivity contribution in [3.63, 3.8) is 0 Å². The van der Waals surface area contributed by atoms with Crippen LogP contribution in [0, 0.1) is 10.1 Å². The number of nitrogens with zero attached hydrogens (tertiary/aromatic N) is 3. The van der Waals surface area contributed by atoms with Crippen molar-refractivity contribution >= 4 is 53.6 Å². The molecule has 0 N–H and O–H groups in total. The second-order valence-corrected chi connectivity index (χ2v) is 9.84. The number of thiazole rings is 1. The molecule has 11 heteroatoms. The Balaban J connectivity index is 2.13. The molecule has 0 bridgehead atoms. The van der Waals surface area contributed by atoms with Crippen molar-refractivity contribution in [3.8, 4) is 0 Å². The number of carbonyl (C=O) groups excluding carboxylic acids is 1. The van der Waals surface area contributed by atoms with Gasteiger partial charge in [0.15, 0.2) is 14.6 Å². The first-order chi connectivity index (χ1) is 12.7. The summed E-state index contributed by atoms with van der Waals surface area (Å²) in [5.74, 6) is -0.562. The number of amides is 1. The van der Waals surface area contributed by atoms with Gasteiger partial charge in [-0.3, -0.25) is 14.9 Å². The number of sulfone groups is 1. The number of benzene rings is 1. The van der Waals surface area contributed by atoms with Crippen LogP contribution in [0.5, 0.6) is 0 Å². The molecular formula is C16H15N3O5S3. The molecule has 1 aromatic carbocycles. The molecule has 27 heavy (non-hydrogen) atoms. The summed E-state index contributed by atoms with van der Waals surface area (Å²) in [6.07, 6.45) is 1.94. The van der Waals surface area contributed by atoms with E-state index in [2.05, 4.69) is 4.99 Å². The van der Waals surface area contributed by atoms with E-state index in [1.165, 1.54) is 29.5 Å². The van der Waals surface area contributed by atoms with Crippen molar-refractivity contribution in [1.82, 2.24) is 4.57 Å². The van der Waals surface area contributed by atoms with Gasteiger partial charge in [-0.2, -0.15) is 4.99 Å². The van der Waals surface area contributed by atoms with E-state index in [4.69, 9.17) is 0 Å². The van der Waals surface area contributed by atoms with E-state index in [0.29, 0.717) is 16.0 Å². The first kappa shape index (κ1) is 19.4. The third kappa shape index (κ3) is 3.99. The Morgan fingerprint density at radius 2 is 2.00 bits per heavy atom. The van der Waals surface area contributed by atoms with Crippen LogP contribution in [-0.2, 0) is 16.4 Å². The summed E-state index contributed by atoms with van der Waals surface area (Å²) < 4.78 is 26.1. The maximum atomic E-state index is 12.4. The number of nitro groups is 1. The minimum absolute atomic E-state index is 0.121. The van der Waals surface area contributed by atoms with Gasteiger partial charge in [0.2, 0.25) is 0 Å². The van der Waals surface area contributed by atoms with Crippen LogP contribution in [0.15, 0.2) is 40.2 Å². The smallest absolute Gasteiger partial charge is 0.316 e. The predicted octanol–water partition coefficient (Wildman–Crippen LogP) is 3.23. The third-order valence-electron chi connectivity index (χ3n) is 3.71. The number of thiophene rings is 1. The maximum Gasteiger partial charge on any atom is 0.324 e. The summed E-state index contributed by atoms with van der Waals surface area (Å²) in [5, 5.41) is 10.7. The molecule has 3 rings (SSSR count). The van der Waals surface area contributed by atoms with Crippen LogP contribution in [0.25, 0.3) is 10.2 Å². The summed E-state index contributed by atoms with van der Waals surface area (Å²) in [6.45, 7) is 2.59. The lowest BCUT2D eigenvalue weighted by Gasteiger charge is -2.03. The summed E-state index contributed by atoms with van der Waals surface area (Å²) >= 11 is 1.99. The highest BCUT2D eigenvalue weighted by Crippen LogP contribution is 2.25. The Hall–Kier alpha value is -2.37.